The van der Waals surface area contributed by atoms with E-state index in [2.05, 4.69) is 30.0 Å². The summed E-state index contributed by atoms with van der Waals surface area (Å²) in [6.45, 7) is 5.00. The molecule has 0 N–H and O–H groups in total. The third-order valence-corrected chi connectivity index (χ3v) is 3.21. The zero-order valence-electron chi connectivity index (χ0n) is 8.25. The quantitative estimate of drug-likeness (QED) is 0.652. The molecule has 2 nitrogen and oxygen atoms in total. The summed E-state index contributed by atoms with van der Waals surface area (Å²) in [6, 6.07) is 7.80. The number of amides is 1. The summed E-state index contributed by atoms with van der Waals surface area (Å²) in [5, 5.41) is 0. The first kappa shape index (κ1) is 9.71. The second-order valence-electron chi connectivity index (χ2n) is 4.25. The van der Waals surface area contributed by atoms with Crippen LogP contribution in [0.4, 0.5) is 0 Å². The SMILES string of the molecule is CC1(C)CN(Br)C(=O)c2ccccc21. The molecule has 0 atom stereocenters. The lowest BCUT2D eigenvalue weighted by molar-refractivity contribution is 0.0840. The highest BCUT2D eigenvalue weighted by atomic mass is 79.9. The Hall–Kier alpha value is -0.830. The number of carbonyl (C=O) groups excluding carboxylic acids is 1. The van der Waals surface area contributed by atoms with Crippen molar-refractivity contribution in [3.63, 3.8) is 0 Å². The van der Waals surface area contributed by atoms with Gasteiger partial charge in [-0.2, -0.15) is 0 Å². The summed E-state index contributed by atoms with van der Waals surface area (Å²) in [6.07, 6.45) is 0. The van der Waals surface area contributed by atoms with Gasteiger partial charge in [0.05, 0.1) is 16.1 Å². The van der Waals surface area contributed by atoms with Gasteiger partial charge in [-0.1, -0.05) is 32.0 Å². The molecule has 74 valence electrons. The molecule has 1 aliphatic heterocycles. The highest BCUT2D eigenvalue weighted by Crippen LogP contribution is 2.34. The van der Waals surface area contributed by atoms with E-state index in [1.165, 1.54) is 0 Å². The van der Waals surface area contributed by atoms with Gasteiger partial charge in [-0.15, -0.1) is 0 Å². The maximum Gasteiger partial charge on any atom is 0.264 e. The van der Waals surface area contributed by atoms with E-state index in [1.54, 1.807) is 3.93 Å². The lowest BCUT2D eigenvalue weighted by Crippen LogP contribution is -2.41. The first-order valence-corrected chi connectivity index (χ1v) is 5.30. The summed E-state index contributed by atoms with van der Waals surface area (Å²) in [5.41, 5.74) is 1.97. The third-order valence-electron chi connectivity index (χ3n) is 2.64. The van der Waals surface area contributed by atoms with Crippen LogP contribution in [0, 0.1) is 0 Å². The summed E-state index contributed by atoms with van der Waals surface area (Å²) in [7, 11) is 0. The monoisotopic (exact) mass is 253 g/mol. The van der Waals surface area contributed by atoms with Crippen LogP contribution in [0.25, 0.3) is 0 Å². The van der Waals surface area contributed by atoms with Crippen LogP contribution in [0.5, 0.6) is 0 Å². The molecule has 0 aliphatic carbocycles. The highest BCUT2D eigenvalue weighted by molar-refractivity contribution is 9.07. The molecule has 0 bridgehead atoms. The molecule has 14 heavy (non-hydrogen) atoms. The Bertz CT molecular complexity index is 387. The molecule has 3 heteroatoms. The third kappa shape index (κ3) is 1.36. The van der Waals surface area contributed by atoms with Crippen molar-refractivity contribution >= 4 is 22.1 Å². The topological polar surface area (TPSA) is 20.3 Å². The van der Waals surface area contributed by atoms with Gasteiger partial charge in [0.25, 0.3) is 5.91 Å². The fourth-order valence-corrected chi connectivity index (χ4v) is 2.71. The first-order chi connectivity index (χ1) is 6.52. The van der Waals surface area contributed by atoms with Gasteiger partial charge in [-0.25, -0.2) is 0 Å². The first-order valence-electron chi connectivity index (χ1n) is 4.59. The number of halogens is 1. The van der Waals surface area contributed by atoms with E-state index < -0.39 is 0 Å². The molecule has 1 amide bonds. The Labute approximate surface area is 92.2 Å². The van der Waals surface area contributed by atoms with Crippen molar-refractivity contribution in [2.45, 2.75) is 19.3 Å². The van der Waals surface area contributed by atoms with Crippen LogP contribution in [-0.4, -0.2) is 16.4 Å². The average Bonchev–Trinajstić information content (AvgIpc) is 2.14. The van der Waals surface area contributed by atoms with Crippen LogP contribution < -0.4 is 0 Å². The fraction of sp³-hybridized carbons (Fsp3) is 0.364. The fourth-order valence-electron chi connectivity index (χ4n) is 1.89. The summed E-state index contributed by atoms with van der Waals surface area (Å²) < 4.78 is 1.61. The van der Waals surface area contributed by atoms with Crippen molar-refractivity contribution in [1.82, 2.24) is 3.93 Å². The predicted octanol–water partition coefficient (Wildman–Crippen LogP) is 2.73. The van der Waals surface area contributed by atoms with Gasteiger partial charge in [0.15, 0.2) is 0 Å². The zero-order chi connectivity index (χ0) is 10.3. The van der Waals surface area contributed by atoms with Gasteiger partial charge >= 0.3 is 0 Å². The standard InChI is InChI=1S/C11H12BrNO/c1-11(2)7-13(12)10(14)8-5-3-4-6-9(8)11/h3-6H,7H2,1-2H3. The Balaban J connectivity index is 2.62. The lowest BCUT2D eigenvalue weighted by atomic mass is 9.79. The number of rotatable bonds is 0. The summed E-state index contributed by atoms with van der Waals surface area (Å²) in [5.74, 6) is 0.0555. The normalized spacial score (nSPS) is 19.4. The van der Waals surface area contributed by atoms with Crippen LogP contribution in [0.2, 0.25) is 0 Å². The van der Waals surface area contributed by atoms with Crippen LogP contribution in [-0.2, 0) is 5.41 Å². The van der Waals surface area contributed by atoms with Crippen molar-refractivity contribution < 1.29 is 4.79 Å². The lowest BCUT2D eigenvalue weighted by Gasteiger charge is -2.36. The maximum absolute atomic E-state index is 11.8. The zero-order valence-corrected chi connectivity index (χ0v) is 9.84. The number of carbonyl (C=O) groups is 1. The second kappa shape index (κ2) is 3.09. The molecule has 0 radical (unpaired) electrons. The van der Waals surface area contributed by atoms with Gasteiger partial charge in [-0.3, -0.25) is 8.72 Å². The van der Waals surface area contributed by atoms with E-state index in [9.17, 15) is 4.79 Å². The molecule has 0 saturated carbocycles. The molecular weight excluding hydrogens is 242 g/mol. The van der Waals surface area contributed by atoms with E-state index in [0.29, 0.717) is 6.54 Å². The molecule has 1 aromatic carbocycles. The van der Waals surface area contributed by atoms with Crippen molar-refractivity contribution in [1.29, 1.82) is 0 Å². The number of hydrogen-bond donors (Lipinski definition) is 0. The molecule has 2 rings (SSSR count). The van der Waals surface area contributed by atoms with Gasteiger partial charge < -0.3 is 0 Å². The Morgan fingerprint density at radius 2 is 2.00 bits per heavy atom. The maximum atomic E-state index is 11.8. The van der Waals surface area contributed by atoms with Crippen LogP contribution in [0.1, 0.15) is 29.8 Å². The molecule has 0 aromatic heterocycles. The smallest absolute Gasteiger partial charge is 0.264 e. The van der Waals surface area contributed by atoms with Gasteiger partial charge in [0.1, 0.15) is 0 Å². The van der Waals surface area contributed by atoms with Crippen LogP contribution in [0.3, 0.4) is 0 Å². The average molecular weight is 254 g/mol. The number of hydrogen-bond acceptors (Lipinski definition) is 1. The highest BCUT2D eigenvalue weighted by Gasteiger charge is 2.35. The van der Waals surface area contributed by atoms with Crippen molar-refractivity contribution in [2.24, 2.45) is 0 Å². The van der Waals surface area contributed by atoms with Crippen LogP contribution >= 0.6 is 16.1 Å². The van der Waals surface area contributed by atoms with Crippen molar-refractivity contribution in [3.8, 4) is 0 Å². The molecule has 0 fully saturated rings. The minimum absolute atomic E-state index is 0.0218. The van der Waals surface area contributed by atoms with Crippen molar-refractivity contribution in [2.75, 3.05) is 6.54 Å². The minimum Gasteiger partial charge on any atom is -0.274 e. The van der Waals surface area contributed by atoms with E-state index in [0.717, 1.165) is 11.1 Å². The molecule has 1 heterocycles. The van der Waals surface area contributed by atoms with Gasteiger partial charge in [0, 0.05) is 17.5 Å². The Morgan fingerprint density at radius 3 is 2.71 bits per heavy atom. The Kier molecular flexibility index (Phi) is 2.14. The summed E-state index contributed by atoms with van der Waals surface area (Å²) >= 11 is 3.28. The van der Waals surface area contributed by atoms with Gasteiger partial charge in [0.2, 0.25) is 0 Å². The number of fused-ring (bicyclic) bond motifs is 1. The molecule has 0 saturated heterocycles. The van der Waals surface area contributed by atoms with E-state index >= 15 is 0 Å². The molecule has 1 aromatic rings. The molecule has 0 spiro atoms. The largest absolute Gasteiger partial charge is 0.274 e. The van der Waals surface area contributed by atoms with Crippen LogP contribution in [0.15, 0.2) is 24.3 Å². The van der Waals surface area contributed by atoms with E-state index in [-0.39, 0.29) is 11.3 Å². The van der Waals surface area contributed by atoms with E-state index in [4.69, 9.17) is 0 Å². The molecule has 0 unspecified atom stereocenters. The minimum atomic E-state index is 0.0218. The molecular formula is C11H12BrNO. The second-order valence-corrected chi connectivity index (χ2v) is 5.11. The Morgan fingerprint density at radius 1 is 1.36 bits per heavy atom. The molecule has 1 aliphatic rings. The number of benzene rings is 1. The van der Waals surface area contributed by atoms with Gasteiger partial charge in [-0.05, 0) is 11.6 Å². The van der Waals surface area contributed by atoms with Crippen molar-refractivity contribution in [3.05, 3.63) is 35.4 Å². The summed E-state index contributed by atoms with van der Waals surface area (Å²) in [4.78, 5) is 11.8. The van der Waals surface area contributed by atoms with E-state index in [1.807, 2.05) is 24.3 Å². The number of nitrogens with zero attached hydrogens (tertiary/aromatic N) is 1. The predicted molar refractivity (Wildman–Crippen MR) is 59.4 cm³/mol.